The van der Waals surface area contributed by atoms with Crippen molar-refractivity contribution in [3.05, 3.63) is 59.0 Å². The van der Waals surface area contributed by atoms with Crippen LogP contribution >= 0.6 is 0 Å². The van der Waals surface area contributed by atoms with Crippen LogP contribution in [0.3, 0.4) is 0 Å². The molecule has 27 heavy (non-hydrogen) atoms. The predicted octanol–water partition coefficient (Wildman–Crippen LogP) is 3.73. The predicted molar refractivity (Wildman–Crippen MR) is 106 cm³/mol. The van der Waals surface area contributed by atoms with Crippen LogP contribution in [0.4, 0.5) is 0 Å². The van der Waals surface area contributed by atoms with Crippen molar-refractivity contribution in [3.8, 4) is 0 Å². The number of fused-ring (bicyclic) bond motifs is 2. The molecule has 4 heteroatoms. The minimum Gasteiger partial charge on any atom is -0.465 e. The first-order chi connectivity index (χ1) is 13.2. The molecule has 3 aliphatic heterocycles. The third kappa shape index (κ3) is 3.35. The highest BCUT2D eigenvalue weighted by molar-refractivity contribution is 5.38. The molecule has 1 atom stereocenters. The van der Waals surface area contributed by atoms with E-state index < -0.39 is 0 Å². The van der Waals surface area contributed by atoms with E-state index in [-0.39, 0.29) is 0 Å². The lowest BCUT2D eigenvalue weighted by Gasteiger charge is -2.50. The summed E-state index contributed by atoms with van der Waals surface area (Å²) in [4.78, 5) is 5.27. The minimum atomic E-state index is 0.299. The van der Waals surface area contributed by atoms with E-state index in [1.807, 2.05) is 6.92 Å². The van der Waals surface area contributed by atoms with Gasteiger partial charge in [-0.05, 0) is 62.5 Å². The average molecular weight is 367 g/mol. The fraction of sp³-hybridized carbons (Fsp3) is 0.565. The van der Waals surface area contributed by atoms with E-state index in [2.05, 4.69) is 46.2 Å². The molecule has 0 unspecified atom stereocenters. The third-order valence-corrected chi connectivity index (χ3v) is 6.88. The van der Waals surface area contributed by atoms with Gasteiger partial charge in [-0.1, -0.05) is 24.3 Å². The van der Waals surface area contributed by atoms with Crippen LogP contribution in [0.5, 0.6) is 0 Å². The molecule has 3 aliphatic rings. The van der Waals surface area contributed by atoms with Crippen LogP contribution in [-0.4, -0.2) is 48.7 Å². The van der Waals surface area contributed by atoms with Crippen molar-refractivity contribution in [1.29, 1.82) is 0 Å². The van der Waals surface area contributed by atoms with Crippen LogP contribution < -0.4 is 0 Å². The van der Waals surface area contributed by atoms with Gasteiger partial charge in [-0.25, -0.2) is 0 Å². The molecule has 4 nitrogen and oxygen atoms in total. The Balaban J connectivity index is 1.34. The molecule has 5 rings (SSSR count). The summed E-state index contributed by atoms with van der Waals surface area (Å²) >= 11 is 0. The molecule has 1 spiro atoms. The van der Waals surface area contributed by atoms with Crippen LogP contribution in [0, 0.1) is 6.92 Å². The molecule has 4 heterocycles. The summed E-state index contributed by atoms with van der Waals surface area (Å²) in [6, 6.07) is 14.0. The fourth-order valence-electron chi connectivity index (χ4n) is 5.35. The Morgan fingerprint density at radius 1 is 1.11 bits per heavy atom. The molecule has 0 bridgehead atoms. The van der Waals surface area contributed by atoms with E-state index in [9.17, 15) is 0 Å². The van der Waals surface area contributed by atoms with Gasteiger partial charge in [0, 0.05) is 31.2 Å². The number of nitrogens with zero attached hydrogens (tertiary/aromatic N) is 2. The van der Waals surface area contributed by atoms with Crippen molar-refractivity contribution in [1.82, 2.24) is 9.80 Å². The number of hydrogen-bond donors (Lipinski definition) is 0. The van der Waals surface area contributed by atoms with Crippen molar-refractivity contribution < 1.29 is 9.15 Å². The second-order valence-corrected chi connectivity index (χ2v) is 8.65. The normalized spacial score (nSPS) is 25.7. The number of furan rings is 1. The molecule has 0 radical (unpaired) electrons. The number of piperidine rings is 1. The Hall–Kier alpha value is -1.62. The maximum Gasteiger partial charge on any atom is 0.118 e. The second-order valence-electron chi connectivity index (χ2n) is 8.65. The molecular formula is C23H30N2O2. The highest BCUT2D eigenvalue weighted by atomic mass is 16.5. The lowest BCUT2D eigenvalue weighted by molar-refractivity contribution is 0.0620. The lowest BCUT2D eigenvalue weighted by atomic mass is 9.68. The van der Waals surface area contributed by atoms with Gasteiger partial charge in [0.05, 0.1) is 13.2 Å². The largest absolute Gasteiger partial charge is 0.465 e. The maximum atomic E-state index is 5.80. The van der Waals surface area contributed by atoms with Gasteiger partial charge in [0.2, 0.25) is 0 Å². The second kappa shape index (κ2) is 7.08. The molecular weight excluding hydrogens is 336 g/mol. The first kappa shape index (κ1) is 17.5. The molecule has 2 aromatic rings. The van der Waals surface area contributed by atoms with Crippen molar-refractivity contribution in [3.63, 3.8) is 0 Å². The SMILES string of the molecule is Cc1ccc(CN2CCC3(CC2)CN([C@@H]2CCOC2)Cc2ccccc23)o1. The lowest BCUT2D eigenvalue weighted by Crippen LogP contribution is -2.54. The molecule has 0 amide bonds. The van der Waals surface area contributed by atoms with E-state index in [1.165, 1.54) is 31.4 Å². The van der Waals surface area contributed by atoms with Crippen LogP contribution in [0.2, 0.25) is 0 Å². The first-order valence-electron chi connectivity index (χ1n) is 10.4. The van der Waals surface area contributed by atoms with Gasteiger partial charge in [-0.3, -0.25) is 9.80 Å². The topological polar surface area (TPSA) is 28.9 Å². The van der Waals surface area contributed by atoms with E-state index in [0.717, 1.165) is 50.9 Å². The zero-order valence-corrected chi connectivity index (χ0v) is 16.3. The fourth-order valence-corrected chi connectivity index (χ4v) is 5.35. The Kier molecular flexibility index (Phi) is 4.58. The van der Waals surface area contributed by atoms with Gasteiger partial charge in [-0.15, -0.1) is 0 Å². The van der Waals surface area contributed by atoms with Gasteiger partial charge in [0.25, 0.3) is 0 Å². The van der Waals surface area contributed by atoms with E-state index in [1.54, 1.807) is 5.56 Å². The summed E-state index contributed by atoms with van der Waals surface area (Å²) in [5.41, 5.74) is 3.44. The van der Waals surface area contributed by atoms with Gasteiger partial charge < -0.3 is 9.15 Å². The van der Waals surface area contributed by atoms with Gasteiger partial charge in [0.1, 0.15) is 11.5 Å². The molecule has 0 N–H and O–H groups in total. The van der Waals surface area contributed by atoms with Crippen LogP contribution in [0.25, 0.3) is 0 Å². The Bertz CT molecular complexity index is 785. The molecule has 2 fully saturated rings. The Morgan fingerprint density at radius 3 is 2.70 bits per heavy atom. The highest BCUT2D eigenvalue weighted by Gasteiger charge is 2.43. The molecule has 1 aromatic heterocycles. The van der Waals surface area contributed by atoms with Crippen LogP contribution in [0.15, 0.2) is 40.8 Å². The van der Waals surface area contributed by atoms with Crippen molar-refractivity contribution in [2.75, 3.05) is 32.8 Å². The van der Waals surface area contributed by atoms with E-state index >= 15 is 0 Å². The van der Waals surface area contributed by atoms with Crippen molar-refractivity contribution >= 4 is 0 Å². The molecule has 0 saturated carbocycles. The minimum absolute atomic E-state index is 0.299. The van der Waals surface area contributed by atoms with E-state index in [0.29, 0.717) is 11.5 Å². The summed E-state index contributed by atoms with van der Waals surface area (Å²) in [6.07, 6.45) is 3.64. The summed E-state index contributed by atoms with van der Waals surface area (Å²) in [5.74, 6) is 2.10. The maximum absolute atomic E-state index is 5.80. The smallest absolute Gasteiger partial charge is 0.118 e. The molecule has 1 aromatic carbocycles. The average Bonchev–Trinajstić information content (AvgIpc) is 3.36. The highest BCUT2D eigenvalue weighted by Crippen LogP contribution is 2.43. The number of aryl methyl sites for hydroxylation is 1. The monoisotopic (exact) mass is 366 g/mol. The number of ether oxygens (including phenoxy) is 1. The number of rotatable bonds is 3. The van der Waals surface area contributed by atoms with Crippen molar-refractivity contribution in [2.24, 2.45) is 0 Å². The number of hydrogen-bond acceptors (Lipinski definition) is 4. The van der Waals surface area contributed by atoms with Gasteiger partial charge in [0.15, 0.2) is 0 Å². The zero-order valence-electron chi connectivity index (χ0n) is 16.3. The zero-order chi connectivity index (χ0) is 18.3. The van der Waals surface area contributed by atoms with Gasteiger partial charge >= 0.3 is 0 Å². The number of likely N-dealkylation sites (tertiary alicyclic amines) is 1. The quantitative estimate of drug-likeness (QED) is 0.828. The Labute approximate surface area is 162 Å². The Morgan fingerprint density at radius 2 is 1.96 bits per heavy atom. The van der Waals surface area contributed by atoms with Crippen molar-refractivity contribution in [2.45, 2.75) is 50.7 Å². The summed E-state index contributed by atoms with van der Waals surface area (Å²) in [7, 11) is 0. The van der Waals surface area contributed by atoms with Crippen LogP contribution in [0.1, 0.15) is 41.9 Å². The molecule has 2 saturated heterocycles. The third-order valence-electron chi connectivity index (χ3n) is 6.88. The molecule has 0 aliphatic carbocycles. The summed E-state index contributed by atoms with van der Waals surface area (Å²) < 4.78 is 11.5. The standard InChI is InChI=1S/C23H30N2O2/c1-18-6-7-21(27-18)15-24-11-9-23(10-12-24)17-25(20-8-13-26-16-20)14-19-4-2-3-5-22(19)23/h2-7,20H,8-17H2,1H3/t20-/m1/s1. The van der Waals surface area contributed by atoms with Gasteiger partial charge in [-0.2, -0.15) is 0 Å². The van der Waals surface area contributed by atoms with E-state index in [4.69, 9.17) is 9.15 Å². The van der Waals surface area contributed by atoms with Crippen LogP contribution in [-0.2, 0) is 23.2 Å². The number of benzene rings is 1. The summed E-state index contributed by atoms with van der Waals surface area (Å²) in [5, 5.41) is 0. The molecule has 144 valence electrons. The summed E-state index contributed by atoms with van der Waals surface area (Å²) in [6.45, 7) is 9.34. The first-order valence-corrected chi connectivity index (χ1v) is 10.4.